The van der Waals surface area contributed by atoms with Crippen LogP contribution in [-0.4, -0.2) is 6.04 Å². The SMILES string of the molecule is Fc1ccc(COc2ccc3ccccc3c2CNC2CCCCCCC2)c(Cl)c1. The summed E-state index contributed by atoms with van der Waals surface area (Å²) < 4.78 is 19.5. The Kier molecular flexibility index (Phi) is 7.24. The third-order valence-corrected chi connectivity index (χ3v) is 6.42. The van der Waals surface area contributed by atoms with Crippen LogP contribution in [0.25, 0.3) is 10.8 Å². The summed E-state index contributed by atoms with van der Waals surface area (Å²) in [6.07, 6.45) is 9.16. The van der Waals surface area contributed by atoms with Gasteiger partial charge in [0.1, 0.15) is 18.2 Å². The molecule has 1 aliphatic rings. The predicted molar refractivity (Wildman–Crippen MR) is 123 cm³/mol. The number of nitrogens with one attached hydrogen (secondary N) is 1. The van der Waals surface area contributed by atoms with Crippen LogP contribution < -0.4 is 10.1 Å². The van der Waals surface area contributed by atoms with Crippen LogP contribution in [0.2, 0.25) is 5.02 Å². The van der Waals surface area contributed by atoms with Gasteiger partial charge in [0.25, 0.3) is 0 Å². The Morgan fingerprint density at radius 3 is 2.50 bits per heavy atom. The van der Waals surface area contributed by atoms with E-state index >= 15 is 0 Å². The smallest absolute Gasteiger partial charge is 0.124 e. The highest BCUT2D eigenvalue weighted by Gasteiger charge is 2.15. The zero-order valence-electron chi connectivity index (χ0n) is 17.3. The zero-order chi connectivity index (χ0) is 20.8. The Balaban J connectivity index is 1.54. The topological polar surface area (TPSA) is 21.3 Å². The second kappa shape index (κ2) is 10.3. The molecule has 158 valence electrons. The Labute approximate surface area is 183 Å². The first-order valence-corrected chi connectivity index (χ1v) is 11.4. The largest absolute Gasteiger partial charge is 0.488 e. The van der Waals surface area contributed by atoms with Crippen molar-refractivity contribution in [3.63, 3.8) is 0 Å². The van der Waals surface area contributed by atoms with Gasteiger partial charge in [0.05, 0.1) is 5.02 Å². The highest BCUT2D eigenvalue weighted by atomic mass is 35.5. The minimum absolute atomic E-state index is 0.313. The summed E-state index contributed by atoms with van der Waals surface area (Å²) in [7, 11) is 0. The van der Waals surface area contributed by atoms with Gasteiger partial charge in [-0.1, -0.05) is 80.1 Å². The van der Waals surface area contributed by atoms with Crippen molar-refractivity contribution in [2.75, 3.05) is 0 Å². The molecule has 0 heterocycles. The average molecular weight is 426 g/mol. The fourth-order valence-corrected chi connectivity index (χ4v) is 4.56. The van der Waals surface area contributed by atoms with Gasteiger partial charge in [0.2, 0.25) is 0 Å². The first kappa shape index (κ1) is 21.1. The minimum Gasteiger partial charge on any atom is -0.488 e. The molecule has 2 nitrogen and oxygen atoms in total. The molecule has 0 amide bonds. The lowest BCUT2D eigenvalue weighted by molar-refractivity contribution is 0.301. The molecule has 1 aliphatic carbocycles. The second-order valence-electron chi connectivity index (χ2n) is 8.21. The summed E-state index contributed by atoms with van der Waals surface area (Å²) in [4.78, 5) is 0. The van der Waals surface area contributed by atoms with Gasteiger partial charge in [-0.2, -0.15) is 0 Å². The number of hydrogen-bond acceptors (Lipinski definition) is 2. The van der Waals surface area contributed by atoms with E-state index in [1.165, 1.54) is 73.4 Å². The lowest BCUT2D eigenvalue weighted by Crippen LogP contribution is -2.29. The summed E-state index contributed by atoms with van der Waals surface area (Å²) in [6, 6.07) is 17.5. The Bertz CT molecular complexity index is 982. The van der Waals surface area contributed by atoms with E-state index in [-0.39, 0.29) is 5.82 Å². The monoisotopic (exact) mass is 425 g/mol. The molecule has 1 fully saturated rings. The van der Waals surface area contributed by atoms with Gasteiger partial charge in [-0.25, -0.2) is 4.39 Å². The van der Waals surface area contributed by atoms with Gasteiger partial charge < -0.3 is 10.1 Å². The van der Waals surface area contributed by atoms with Gasteiger partial charge in [-0.05, 0) is 41.8 Å². The minimum atomic E-state index is -0.335. The molecule has 3 aromatic rings. The molecule has 0 aliphatic heterocycles. The van der Waals surface area contributed by atoms with Crippen molar-refractivity contribution in [1.29, 1.82) is 0 Å². The molecule has 0 atom stereocenters. The Hall–Kier alpha value is -2.10. The van der Waals surface area contributed by atoms with Crippen molar-refractivity contribution >= 4 is 22.4 Å². The van der Waals surface area contributed by atoms with Gasteiger partial charge in [0.15, 0.2) is 0 Å². The van der Waals surface area contributed by atoms with Crippen molar-refractivity contribution in [2.24, 2.45) is 0 Å². The average Bonchev–Trinajstić information content (AvgIpc) is 2.73. The number of ether oxygens (including phenoxy) is 1. The first-order chi connectivity index (χ1) is 14.7. The van der Waals surface area contributed by atoms with E-state index in [1.54, 1.807) is 6.07 Å². The van der Waals surface area contributed by atoms with Crippen molar-refractivity contribution in [3.8, 4) is 5.75 Å². The molecule has 0 spiro atoms. The lowest BCUT2D eigenvalue weighted by atomic mass is 9.96. The van der Waals surface area contributed by atoms with E-state index in [1.807, 2.05) is 6.07 Å². The van der Waals surface area contributed by atoms with Crippen LogP contribution in [0.4, 0.5) is 4.39 Å². The molecule has 1 N–H and O–H groups in total. The molecule has 4 rings (SSSR count). The summed E-state index contributed by atoms with van der Waals surface area (Å²) in [5.74, 6) is 0.519. The zero-order valence-corrected chi connectivity index (χ0v) is 18.1. The number of benzene rings is 3. The van der Waals surface area contributed by atoms with E-state index in [2.05, 4.69) is 35.6 Å². The van der Waals surface area contributed by atoms with Gasteiger partial charge in [-0.15, -0.1) is 0 Å². The molecular weight excluding hydrogens is 397 g/mol. The Morgan fingerprint density at radius 1 is 0.933 bits per heavy atom. The maximum absolute atomic E-state index is 13.3. The predicted octanol–water partition coefficient (Wildman–Crippen LogP) is 7.41. The van der Waals surface area contributed by atoms with E-state index in [0.717, 1.165) is 17.9 Å². The molecule has 0 aromatic heterocycles. The first-order valence-electron chi connectivity index (χ1n) is 11.0. The third kappa shape index (κ3) is 5.33. The lowest BCUT2D eigenvalue weighted by Gasteiger charge is -2.22. The highest BCUT2D eigenvalue weighted by molar-refractivity contribution is 6.31. The van der Waals surface area contributed by atoms with Crippen LogP contribution in [0.3, 0.4) is 0 Å². The van der Waals surface area contributed by atoms with Crippen molar-refractivity contribution < 1.29 is 9.13 Å². The van der Waals surface area contributed by atoms with Crippen LogP contribution in [0, 0.1) is 5.82 Å². The van der Waals surface area contributed by atoms with Crippen LogP contribution in [-0.2, 0) is 13.2 Å². The maximum Gasteiger partial charge on any atom is 0.124 e. The number of halogens is 2. The molecule has 3 aromatic carbocycles. The molecular formula is C26H29ClFNO. The van der Waals surface area contributed by atoms with Gasteiger partial charge in [0, 0.05) is 23.7 Å². The fraction of sp³-hybridized carbons (Fsp3) is 0.385. The molecule has 30 heavy (non-hydrogen) atoms. The molecule has 0 saturated heterocycles. The molecule has 0 radical (unpaired) electrons. The highest BCUT2D eigenvalue weighted by Crippen LogP contribution is 2.30. The maximum atomic E-state index is 13.3. The normalized spacial score (nSPS) is 15.7. The number of rotatable bonds is 6. The van der Waals surface area contributed by atoms with Gasteiger partial charge >= 0.3 is 0 Å². The van der Waals surface area contributed by atoms with E-state index in [4.69, 9.17) is 16.3 Å². The van der Waals surface area contributed by atoms with Crippen LogP contribution in [0.1, 0.15) is 56.1 Å². The van der Waals surface area contributed by atoms with E-state index in [0.29, 0.717) is 17.7 Å². The second-order valence-corrected chi connectivity index (χ2v) is 8.62. The fourth-order valence-electron chi connectivity index (χ4n) is 4.33. The van der Waals surface area contributed by atoms with Crippen LogP contribution >= 0.6 is 11.6 Å². The van der Waals surface area contributed by atoms with Gasteiger partial charge in [-0.3, -0.25) is 0 Å². The Morgan fingerprint density at radius 2 is 1.70 bits per heavy atom. The summed E-state index contributed by atoms with van der Waals surface area (Å²) in [5, 5.41) is 6.61. The summed E-state index contributed by atoms with van der Waals surface area (Å²) in [6.45, 7) is 1.09. The third-order valence-electron chi connectivity index (χ3n) is 6.07. The molecule has 1 saturated carbocycles. The van der Waals surface area contributed by atoms with Crippen LogP contribution in [0.5, 0.6) is 5.75 Å². The number of fused-ring (bicyclic) bond motifs is 1. The van der Waals surface area contributed by atoms with Crippen molar-refractivity contribution in [1.82, 2.24) is 5.32 Å². The molecule has 0 unspecified atom stereocenters. The summed E-state index contributed by atoms with van der Waals surface area (Å²) in [5.41, 5.74) is 1.96. The molecule has 4 heteroatoms. The summed E-state index contributed by atoms with van der Waals surface area (Å²) >= 11 is 6.19. The van der Waals surface area contributed by atoms with Crippen LogP contribution in [0.15, 0.2) is 54.6 Å². The van der Waals surface area contributed by atoms with E-state index in [9.17, 15) is 4.39 Å². The van der Waals surface area contributed by atoms with Crippen molar-refractivity contribution in [3.05, 3.63) is 76.6 Å². The molecule has 0 bridgehead atoms. The standard InChI is InChI=1S/C26H29ClFNO/c27-25-16-21(28)14-12-20(25)18-30-26-15-13-19-8-6-7-11-23(19)24(26)17-29-22-9-4-2-1-3-5-10-22/h6-8,11-16,22,29H,1-5,9-10,17-18H2. The van der Waals surface area contributed by atoms with Crippen molar-refractivity contribution in [2.45, 2.75) is 64.1 Å². The van der Waals surface area contributed by atoms with E-state index < -0.39 is 0 Å². The number of hydrogen-bond donors (Lipinski definition) is 1. The quantitative estimate of drug-likeness (QED) is 0.443.